The third kappa shape index (κ3) is 2.11. The number of benzene rings is 2. The second-order valence-corrected chi connectivity index (χ2v) is 4.31. The quantitative estimate of drug-likeness (QED) is 0.683. The van der Waals surface area contributed by atoms with Crippen LogP contribution in [0.25, 0.3) is 16.7 Å². The Hall–Kier alpha value is -3.20. The van der Waals surface area contributed by atoms with Crippen molar-refractivity contribution in [2.75, 3.05) is 0 Å². The maximum Gasteiger partial charge on any atom is 0.426 e. The van der Waals surface area contributed by atoms with E-state index in [9.17, 15) is 14.0 Å². The molecule has 3 aromatic rings. The Bertz CT molecular complexity index is 995. The second kappa shape index (κ2) is 4.72. The molecule has 1 heterocycles. The van der Waals surface area contributed by atoms with Gasteiger partial charge in [0.05, 0.1) is 22.7 Å². The Morgan fingerprint density at radius 1 is 1.10 bits per heavy atom. The summed E-state index contributed by atoms with van der Waals surface area (Å²) in [4.78, 5) is 24.3. The summed E-state index contributed by atoms with van der Waals surface area (Å²) in [6.45, 7) is 0. The van der Waals surface area contributed by atoms with Crippen LogP contribution >= 0.6 is 0 Å². The van der Waals surface area contributed by atoms with Gasteiger partial charge in [-0.05, 0) is 42.5 Å². The van der Waals surface area contributed by atoms with Crippen LogP contribution in [0.4, 0.5) is 4.39 Å². The fourth-order valence-corrected chi connectivity index (χ4v) is 2.01. The van der Waals surface area contributed by atoms with E-state index in [1.165, 1.54) is 30.3 Å². The fourth-order valence-electron chi connectivity index (χ4n) is 2.01. The van der Waals surface area contributed by atoms with E-state index in [2.05, 4.69) is 0 Å². The molecule has 6 heteroatoms. The van der Waals surface area contributed by atoms with Crippen LogP contribution < -0.4 is 11.3 Å². The zero-order valence-electron chi connectivity index (χ0n) is 10.5. The van der Waals surface area contributed by atoms with Crippen LogP contribution in [-0.4, -0.2) is 4.57 Å². The summed E-state index contributed by atoms with van der Waals surface area (Å²) < 4.78 is 19.1. The van der Waals surface area contributed by atoms with Gasteiger partial charge in [0.1, 0.15) is 11.4 Å². The van der Waals surface area contributed by atoms with Crippen LogP contribution in [0.5, 0.6) is 0 Å². The van der Waals surface area contributed by atoms with E-state index in [1.807, 2.05) is 6.07 Å². The molecule has 0 bridgehead atoms. The lowest BCUT2D eigenvalue weighted by atomic mass is 10.2. The molecule has 0 aliphatic rings. The molecule has 0 amide bonds. The van der Waals surface area contributed by atoms with Crippen molar-refractivity contribution in [1.82, 2.24) is 4.57 Å². The molecular weight excluding hydrogens is 275 g/mol. The Morgan fingerprint density at radius 2 is 1.81 bits per heavy atom. The van der Waals surface area contributed by atoms with Crippen LogP contribution in [0.2, 0.25) is 0 Å². The molecule has 0 unspecified atom stereocenters. The van der Waals surface area contributed by atoms with Gasteiger partial charge >= 0.3 is 5.76 Å². The van der Waals surface area contributed by atoms with Crippen molar-refractivity contribution in [3.8, 4) is 11.8 Å². The number of aromatic nitrogens is 1. The van der Waals surface area contributed by atoms with Gasteiger partial charge in [-0.3, -0.25) is 4.79 Å². The molecule has 1 aromatic heterocycles. The monoisotopic (exact) mass is 282 g/mol. The first-order valence-electron chi connectivity index (χ1n) is 5.96. The minimum Gasteiger partial charge on any atom is -0.409 e. The van der Waals surface area contributed by atoms with Gasteiger partial charge in [-0.25, -0.2) is 13.8 Å². The highest BCUT2D eigenvalue weighted by molar-refractivity contribution is 5.75. The standard InChI is InChI=1S/C15H7FN2O3/c16-10-3-6-13-12(7-10)14(19)18(15(20)21-13)11-4-1-9(8-17)2-5-11/h1-7H. The summed E-state index contributed by atoms with van der Waals surface area (Å²) in [6, 6.07) is 11.1. The maximum absolute atomic E-state index is 13.2. The maximum atomic E-state index is 13.2. The number of halogens is 1. The zero-order valence-corrected chi connectivity index (χ0v) is 10.5. The Labute approximate surface area is 117 Å². The molecule has 102 valence electrons. The van der Waals surface area contributed by atoms with Crippen LogP contribution in [-0.2, 0) is 0 Å². The van der Waals surface area contributed by atoms with Crippen molar-refractivity contribution < 1.29 is 8.81 Å². The van der Waals surface area contributed by atoms with Gasteiger partial charge in [-0.2, -0.15) is 5.26 Å². The van der Waals surface area contributed by atoms with Gasteiger partial charge in [0.15, 0.2) is 0 Å². The van der Waals surface area contributed by atoms with E-state index in [1.54, 1.807) is 0 Å². The van der Waals surface area contributed by atoms with Gasteiger partial charge in [-0.1, -0.05) is 0 Å². The van der Waals surface area contributed by atoms with Crippen molar-refractivity contribution >= 4 is 11.0 Å². The molecule has 0 radical (unpaired) electrons. The molecule has 0 saturated heterocycles. The normalized spacial score (nSPS) is 10.5. The van der Waals surface area contributed by atoms with Crippen molar-refractivity contribution in [2.45, 2.75) is 0 Å². The highest BCUT2D eigenvalue weighted by Crippen LogP contribution is 2.12. The molecule has 0 atom stereocenters. The topological polar surface area (TPSA) is 76.0 Å². The van der Waals surface area contributed by atoms with Gasteiger partial charge in [0.25, 0.3) is 5.56 Å². The lowest BCUT2D eigenvalue weighted by Crippen LogP contribution is -2.30. The molecule has 3 rings (SSSR count). The van der Waals surface area contributed by atoms with E-state index >= 15 is 0 Å². The van der Waals surface area contributed by atoms with Gasteiger partial charge in [0, 0.05) is 0 Å². The molecule has 0 spiro atoms. The molecule has 2 aromatic carbocycles. The summed E-state index contributed by atoms with van der Waals surface area (Å²) in [6.07, 6.45) is 0. The lowest BCUT2D eigenvalue weighted by molar-refractivity contribution is 0.502. The predicted molar refractivity (Wildman–Crippen MR) is 72.8 cm³/mol. The van der Waals surface area contributed by atoms with E-state index in [-0.39, 0.29) is 16.7 Å². The zero-order chi connectivity index (χ0) is 15.0. The number of fused-ring (bicyclic) bond motifs is 1. The lowest BCUT2D eigenvalue weighted by Gasteiger charge is -2.05. The number of hydrogen-bond donors (Lipinski definition) is 0. The van der Waals surface area contributed by atoms with Crippen LogP contribution in [0.3, 0.4) is 0 Å². The number of nitriles is 1. The summed E-state index contributed by atoms with van der Waals surface area (Å²) in [5.74, 6) is -1.47. The summed E-state index contributed by atoms with van der Waals surface area (Å²) in [7, 11) is 0. The van der Waals surface area contributed by atoms with Crippen molar-refractivity contribution in [3.63, 3.8) is 0 Å². The fraction of sp³-hybridized carbons (Fsp3) is 0. The van der Waals surface area contributed by atoms with Crippen molar-refractivity contribution in [1.29, 1.82) is 5.26 Å². The first-order chi connectivity index (χ1) is 10.1. The first kappa shape index (κ1) is 12.8. The van der Waals surface area contributed by atoms with Crippen LogP contribution in [0.15, 0.2) is 56.5 Å². The van der Waals surface area contributed by atoms with Crippen LogP contribution in [0.1, 0.15) is 5.56 Å². The van der Waals surface area contributed by atoms with Crippen molar-refractivity contribution in [3.05, 3.63) is 74.7 Å². The number of nitrogens with zero attached hydrogens (tertiary/aromatic N) is 2. The number of rotatable bonds is 1. The Balaban J connectivity index is 2.34. The molecule has 0 fully saturated rings. The smallest absolute Gasteiger partial charge is 0.409 e. The SMILES string of the molecule is N#Cc1ccc(-n2c(=O)oc3ccc(F)cc3c2=O)cc1. The van der Waals surface area contributed by atoms with Gasteiger partial charge in [0.2, 0.25) is 0 Å². The molecule has 0 aliphatic heterocycles. The molecule has 5 nitrogen and oxygen atoms in total. The Morgan fingerprint density at radius 3 is 2.48 bits per heavy atom. The van der Waals surface area contributed by atoms with E-state index < -0.39 is 17.1 Å². The van der Waals surface area contributed by atoms with Gasteiger partial charge < -0.3 is 4.42 Å². The highest BCUT2D eigenvalue weighted by Gasteiger charge is 2.12. The highest BCUT2D eigenvalue weighted by atomic mass is 19.1. The summed E-state index contributed by atoms with van der Waals surface area (Å²) in [5, 5.41) is 8.71. The molecule has 21 heavy (non-hydrogen) atoms. The first-order valence-corrected chi connectivity index (χ1v) is 5.96. The average molecular weight is 282 g/mol. The minimum absolute atomic E-state index is 0.0243. The van der Waals surface area contributed by atoms with Crippen molar-refractivity contribution in [2.24, 2.45) is 0 Å². The predicted octanol–water partition coefficient (Wildman–Crippen LogP) is 1.95. The third-order valence-electron chi connectivity index (χ3n) is 3.01. The van der Waals surface area contributed by atoms with E-state index in [4.69, 9.17) is 9.68 Å². The summed E-state index contributed by atoms with van der Waals surface area (Å²) in [5.41, 5.74) is -0.0105. The molecular formula is C15H7FN2O3. The van der Waals surface area contributed by atoms with Gasteiger partial charge in [-0.15, -0.1) is 0 Å². The second-order valence-electron chi connectivity index (χ2n) is 4.31. The van der Waals surface area contributed by atoms with Crippen LogP contribution in [0, 0.1) is 17.1 Å². The minimum atomic E-state index is -0.871. The molecule has 0 aliphatic carbocycles. The largest absolute Gasteiger partial charge is 0.426 e. The third-order valence-corrected chi connectivity index (χ3v) is 3.01. The number of hydrogen-bond acceptors (Lipinski definition) is 4. The Kier molecular flexibility index (Phi) is 2.88. The molecule has 0 saturated carbocycles. The van der Waals surface area contributed by atoms with E-state index in [0.717, 1.165) is 16.7 Å². The van der Waals surface area contributed by atoms with E-state index in [0.29, 0.717) is 5.56 Å². The summed E-state index contributed by atoms with van der Waals surface area (Å²) >= 11 is 0. The molecule has 0 N–H and O–H groups in total. The average Bonchev–Trinajstić information content (AvgIpc) is 2.49.